The van der Waals surface area contributed by atoms with Crippen LogP contribution in [0, 0.1) is 0 Å². The molecule has 9 rings (SSSR count). The molecule has 0 aliphatic carbocycles. The zero-order chi connectivity index (χ0) is 34.7. The Balaban J connectivity index is 1.01. The van der Waals surface area contributed by atoms with Crippen molar-refractivity contribution in [3.05, 3.63) is 212 Å². The first-order valence-electron chi connectivity index (χ1n) is 17.7. The highest BCUT2D eigenvalue weighted by Gasteiger charge is 2.14. The van der Waals surface area contributed by atoms with Crippen LogP contribution in [-0.2, 0) is 0 Å². The summed E-state index contributed by atoms with van der Waals surface area (Å²) < 4.78 is 1.32. The second-order valence-corrected chi connectivity index (χ2v) is 14.1. The molecule has 0 saturated heterocycles. The van der Waals surface area contributed by atoms with E-state index in [2.05, 4.69) is 217 Å². The molecule has 0 saturated carbocycles. The molecule has 0 fully saturated rings. The van der Waals surface area contributed by atoms with Crippen molar-refractivity contribution >= 4 is 38.5 Å². The van der Waals surface area contributed by atoms with E-state index >= 15 is 0 Å². The number of thiophene rings is 1. The SMILES string of the molecule is c1ccc(-c2ccc(-c3ccc(N(c4ccc(-c5ccccc5)cc4)c4ccc(-c5ccc(-c6cc7ccccc7s6)cc5)cc4)cc3)cc2)cc1. The van der Waals surface area contributed by atoms with E-state index in [1.54, 1.807) is 0 Å². The first-order chi connectivity index (χ1) is 25.7. The van der Waals surface area contributed by atoms with Gasteiger partial charge in [0.15, 0.2) is 0 Å². The monoisotopic (exact) mass is 681 g/mol. The van der Waals surface area contributed by atoms with Crippen LogP contribution in [0.15, 0.2) is 212 Å². The van der Waals surface area contributed by atoms with Crippen molar-refractivity contribution in [1.29, 1.82) is 0 Å². The topological polar surface area (TPSA) is 3.24 Å². The average Bonchev–Trinajstić information content (AvgIpc) is 3.67. The minimum absolute atomic E-state index is 1.11. The maximum Gasteiger partial charge on any atom is 0.0462 e. The van der Waals surface area contributed by atoms with E-state index in [0.29, 0.717) is 0 Å². The van der Waals surface area contributed by atoms with E-state index in [1.807, 2.05) is 11.3 Å². The Morgan fingerprint density at radius 2 is 0.577 bits per heavy atom. The first-order valence-corrected chi connectivity index (χ1v) is 18.5. The second kappa shape index (κ2) is 14.0. The molecule has 1 heterocycles. The van der Waals surface area contributed by atoms with Crippen LogP contribution in [-0.4, -0.2) is 0 Å². The Labute approximate surface area is 309 Å². The summed E-state index contributed by atoms with van der Waals surface area (Å²) in [4.78, 5) is 3.64. The minimum atomic E-state index is 1.11. The molecule has 2 heteroatoms. The van der Waals surface area contributed by atoms with Gasteiger partial charge in [-0.3, -0.25) is 0 Å². The van der Waals surface area contributed by atoms with E-state index in [0.717, 1.165) is 17.1 Å². The van der Waals surface area contributed by atoms with Gasteiger partial charge in [-0.1, -0.05) is 164 Å². The summed E-state index contributed by atoms with van der Waals surface area (Å²) in [5.41, 5.74) is 14.2. The highest BCUT2D eigenvalue weighted by atomic mass is 32.1. The summed E-state index contributed by atoms with van der Waals surface area (Å²) in [7, 11) is 0. The summed E-state index contributed by atoms with van der Waals surface area (Å²) >= 11 is 1.85. The van der Waals surface area contributed by atoms with Gasteiger partial charge in [0.05, 0.1) is 0 Å². The average molecular weight is 682 g/mol. The van der Waals surface area contributed by atoms with E-state index in [9.17, 15) is 0 Å². The van der Waals surface area contributed by atoms with Gasteiger partial charge < -0.3 is 4.90 Å². The normalized spacial score (nSPS) is 11.1. The fraction of sp³-hybridized carbons (Fsp3) is 0. The van der Waals surface area contributed by atoms with E-state index in [1.165, 1.54) is 65.0 Å². The number of fused-ring (bicyclic) bond motifs is 1. The molecule has 1 nitrogen and oxygen atoms in total. The van der Waals surface area contributed by atoms with Gasteiger partial charge in [0, 0.05) is 26.6 Å². The van der Waals surface area contributed by atoms with Crippen molar-refractivity contribution in [3.8, 4) is 54.9 Å². The molecule has 8 aromatic carbocycles. The molecular formula is C50H35NS. The lowest BCUT2D eigenvalue weighted by Gasteiger charge is -2.26. The van der Waals surface area contributed by atoms with Gasteiger partial charge >= 0.3 is 0 Å². The highest BCUT2D eigenvalue weighted by molar-refractivity contribution is 7.22. The van der Waals surface area contributed by atoms with Crippen LogP contribution < -0.4 is 4.90 Å². The molecule has 0 bridgehead atoms. The largest absolute Gasteiger partial charge is 0.311 e. The van der Waals surface area contributed by atoms with Gasteiger partial charge in [0.25, 0.3) is 0 Å². The zero-order valence-electron chi connectivity index (χ0n) is 28.6. The molecule has 9 aromatic rings. The molecule has 52 heavy (non-hydrogen) atoms. The Kier molecular flexibility index (Phi) is 8.50. The lowest BCUT2D eigenvalue weighted by atomic mass is 10.00. The lowest BCUT2D eigenvalue weighted by molar-refractivity contribution is 1.28. The predicted octanol–water partition coefficient (Wildman–Crippen LogP) is 14.7. The summed E-state index contributed by atoms with van der Waals surface area (Å²) in [5, 5.41) is 1.30. The fourth-order valence-corrected chi connectivity index (χ4v) is 7.99. The van der Waals surface area contributed by atoms with Crippen molar-refractivity contribution in [1.82, 2.24) is 0 Å². The van der Waals surface area contributed by atoms with Crippen LogP contribution in [0.2, 0.25) is 0 Å². The summed E-state index contributed by atoms with van der Waals surface area (Å²) in [5.74, 6) is 0. The van der Waals surface area contributed by atoms with Crippen LogP contribution in [0.3, 0.4) is 0 Å². The molecule has 0 spiro atoms. The third-order valence-electron chi connectivity index (χ3n) is 9.74. The molecule has 0 N–H and O–H groups in total. The Morgan fingerprint density at radius 3 is 0.962 bits per heavy atom. The van der Waals surface area contributed by atoms with Gasteiger partial charge in [-0.2, -0.15) is 0 Å². The van der Waals surface area contributed by atoms with Gasteiger partial charge in [-0.05, 0) is 104 Å². The second-order valence-electron chi connectivity index (χ2n) is 13.0. The van der Waals surface area contributed by atoms with Crippen LogP contribution in [0.4, 0.5) is 17.1 Å². The summed E-state index contributed by atoms with van der Waals surface area (Å²) in [6.45, 7) is 0. The fourth-order valence-electron chi connectivity index (χ4n) is 6.92. The standard InChI is InChI=1S/C50H35NS/c1-3-9-36(10-4-1)38-15-17-39(18-16-38)42-25-31-47(32-26-42)51(46-29-23-41(24-30-46)37-11-5-2-6-12-37)48-33-27-43(28-34-48)40-19-21-44(22-20-40)50-35-45-13-7-8-14-49(45)52-50/h1-35H. The molecule has 0 amide bonds. The van der Waals surface area contributed by atoms with Gasteiger partial charge in [0.1, 0.15) is 0 Å². The van der Waals surface area contributed by atoms with E-state index in [4.69, 9.17) is 0 Å². The smallest absolute Gasteiger partial charge is 0.0462 e. The molecule has 0 aliphatic heterocycles. The van der Waals surface area contributed by atoms with Crippen molar-refractivity contribution < 1.29 is 0 Å². The number of anilines is 3. The number of benzene rings is 8. The van der Waals surface area contributed by atoms with Gasteiger partial charge in [-0.25, -0.2) is 0 Å². The van der Waals surface area contributed by atoms with Crippen molar-refractivity contribution in [2.75, 3.05) is 4.90 Å². The van der Waals surface area contributed by atoms with Crippen LogP contribution >= 0.6 is 11.3 Å². The van der Waals surface area contributed by atoms with E-state index in [-0.39, 0.29) is 0 Å². The minimum Gasteiger partial charge on any atom is -0.311 e. The first kappa shape index (κ1) is 31.5. The quantitative estimate of drug-likeness (QED) is 0.154. The number of rotatable bonds is 8. The summed E-state index contributed by atoms with van der Waals surface area (Å²) in [6, 6.07) is 76.5. The third kappa shape index (κ3) is 6.44. The third-order valence-corrected chi connectivity index (χ3v) is 10.9. The number of hydrogen-bond acceptors (Lipinski definition) is 2. The molecule has 246 valence electrons. The molecular weight excluding hydrogens is 647 g/mol. The zero-order valence-corrected chi connectivity index (χ0v) is 29.4. The maximum absolute atomic E-state index is 2.34. The Bertz CT molecular complexity index is 2520. The molecule has 1 aromatic heterocycles. The highest BCUT2D eigenvalue weighted by Crippen LogP contribution is 2.39. The predicted molar refractivity (Wildman–Crippen MR) is 224 cm³/mol. The molecule has 0 atom stereocenters. The van der Waals surface area contributed by atoms with Crippen LogP contribution in [0.1, 0.15) is 0 Å². The lowest BCUT2D eigenvalue weighted by Crippen LogP contribution is -2.09. The summed E-state index contributed by atoms with van der Waals surface area (Å²) in [6.07, 6.45) is 0. The van der Waals surface area contributed by atoms with Crippen molar-refractivity contribution in [3.63, 3.8) is 0 Å². The van der Waals surface area contributed by atoms with Crippen molar-refractivity contribution in [2.45, 2.75) is 0 Å². The molecule has 0 aliphatic rings. The molecule has 0 unspecified atom stereocenters. The number of hydrogen-bond donors (Lipinski definition) is 0. The number of nitrogens with zero attached hydrogens (tertiary/aromatic N) is 1. The maximum atomic E-state index is 2.34. The molecule has 0 radical (unpaired) electrons. The van der Waals surface area contributed by atoms with Crippen LogP contribution in [0.5, 0.6) is 0 Å². The van der Waals surface area contributed by atoms with Gasteiger partial charge in [-0.15, -0.1) is 11.3 Å². The Hall–Kier alpha value is -6.48. The van der Waals surface area contributed by atoms with Crippen LogP contribution in [0.25, 0.3) is 65.0 Å². The van der Waals surface area contributed by atoms with Gasteiger partial charge in [0.2, 0.25) is 0 Å². The van der Waals surface area contributed by atoms with E-state index < -0.39 is 0 Å². The Morgan fingerprint density at radius 1 is 0.269 bits per heavy atom. The van der Waals surface area contributed by atoms with Crippen molar-refractivity contribution in [2.24, 2.45) is 0 Å².